The summed E-state index contributed by atoms with van der Waals surface area (Å²) in [6.45, 7) is 0. The van der Waals surface area contributed by atoms with Crippen LogP contribution in [0.5, 0.6) is 0 Å². The van der Waals surface area contributed by atoms with Gasteiger partial charge in [0.15, 0.2) is 0 Å². The Morgan fingerprint density at radius 1 is 0.900 bits per heavy atom. The van der Waals surface area contributed by atoms with Gasteiger partial charge in [-0.3, -0.25) is 0 Å². The second kappa shape index (κ2) is 16.5. The molecule has 0 amide bonds. The molecular formula is C2H7NaO6Sr. The van der Waals surface area contributed by atoms with Gasteiger partial charge in [-0.25, -0.2) is 9.59 Å². The predicted molar refractivity (Wildman–Crippen MR) is 30.4 cm³/mol. The van der Waals surface area contributed by atoms with Crippen molar-refractivity contribution < 1.29 is 63.9 Å². The summed E-state index contributed by atoms with van der Waals surface area (Å²) >= 11 is 0. The zero-order chi connectivity index (χ0) is 7.15. The normalized spacial score (nSPS) is 4.80. The van der Waals surface area contributed by atoms with E-state index < -0.39 is 12.3 Å². The molecule has 0 saturated carbocycles. The van der Waals surface area contributed by atoms with Crippen LogP contribution in [0.1, 0.15) is 4.28 Å². The Morgan fingerprint density at radius 3 is 0.900 bits per heavy atom. The summed E-state index contributed by atoms with van der Waals surface area (Å²) < 4.78 is 0. The van der Waals surface area contributed by atoms with Gasteiger partial charge in [0.1, 0.15) is 0 Å². The first-order valence-corrected chi connectivity index (χ1v) is 1.30. The summed E-state index contributed by atoms with van der Waals surface area (Å²) in [5.41, 5.74) is 0. The first-order valence-electron chi connectivity index (χ1n) is 1.30. The van der Waals surface area contributed by atoms with Crippen LogP contribution in [0, 0.1) is 0 Å². The van der Waals surface area contributed by atoms with Gasteiger partial charge >= 0.3 is 87.3 Å². The standard InChI is InChI=1S/2CH2O3.Na.Sr.3H/c2*2-1(3)4;;;;;/h2*(H2,2,3,4);;;;;/q;;+1;+2;3*-1. The van der Waals surface area contributed by atoms with Gasteiger partial charge in [0.2, 0.25) is 0 Å². The fourth-order valence-electron chi connectivity index (χ4n) is 0. The van der Waals surface area contributed by atoms with Gasteiger partial charge in [0.25, 0.3) is 0 Å². The zero-order valence-electron chi connectivity index (χ0n) is 8.31. The topological polar surface area (TPSA) is 115 Å². The van der Waals surface area contributed by atoms with Crippen molar-refractivity contribution in [2.24, 2.45) is 0 Å². The monoisotopic (exact) mass is 238 g/mol. The van der Waals surface area contributed by atoms with Crippen molar-refractivity contribution in [2.45, 2.75) is 0 Å². The van der Waals surface area contributed by atoms with E-state index in [1.807, 2.05) is 0 Å². The molecule has 0 heterocycles. The first-order chi connectivity index (χ1) is 3.46. The molecule has 4 N–H and O–H groups in total. The number of hydrogen-bond donors (Lipinski definition) is 4. The van der Waals surface area contributed by atoms with Crippen molar-refractivity contribution in [3.63, 3.8) is 0 Å². The Morgan fingerprint density at radius 2 is 0.900 bits per heavy atom. The third kappa shape index (κ3) is 557. The molecule has 54 valence electrons. The molecule has 0 radical (unpaired) electrons. The molecule has 0 unspecified atom stereocenters. The molecule has 0 bridgehead atoms. The summed E-state index contributed by atoms with van der Waals surface area (Å²) in [5.74, 6) is 0. The molecule has 0 fully saturated rings. The molecule has 0 aromatic rings. The maximum absolute atomic E-state index is 8.56. The smallest absolute Gasteiger partial charge is 1.00 e. The first kappa shape index (κ1) is 22.5. The van der Waals surface area contributed by atoms with Crippen molar-refractivity contribution in [2.75, 3.05) is 0 Å². The minimum atomic E-state index is -1.83. The molecule has 10 heavy (non-hydrogen) atoms. The van der Waals surface area contributed by atoms with Crippen LogP contribution in [0.25, 0.3) is 0 Å². The number of rotatable bonds is 0. The molecule has 8 heteroatoms. The summed E-state index contributed by atoms with van der Waals surface area (Å²) in [6.07, 6.45) is -3.67. The van der Waals surface area contributed by atoms with E-state index in [2.05, 4.69) is 0 Å². The summed E-state index contributed by atoms with van der Waals surface area (Å²) in [5, 5.41) is 27.9. The predicted octanol–water partition coefficient (Wildman–Crippen LogP) is -2.59. The van der Waals surface area contributed by atoms with Gasteiger partial charge in [-0.2, -0.15) is 0 Å². The third-order valence-corrected chi connectivity index (χ3v) is 0. The molecular weight excluding hydrogens is 231 g/mol. The van der Waals surface area contributed by atoms with E-state index in [0.717, 1.165) is 0 Å². The zero-order valence-corrected chi connectivity index (χ0v) is 10.8. The second-order valence-electron chi connectivity index (χ2n) is 0.565. The van der Waals surface area contributed by atoms with Crippen LogP contribution in [-0.4, -0.2) is 78.2 Å². The average Bonchev–Trinajstić information content (AvgIpc) is 1.25. The van der Waals surface area contributed by atoms with Crippen molar-refractivity contribution >= 4 is 57.8 Å². The Kier molecular flexibility index (Phi) is 37.1. The SMILES string of the molecule is O=C(O)O.O=C(O)O.[H-].[H-].[H-].[Na+].[Sr+2]. The average molecular weight is 238 g/mol. The van der Waals surface area contributed by atoms with Crippen LogP contribution in [0.2, 0.25) is 0 Å². The summed E-state index contributed by atoms with van der Waals surface area (Å²) in [7, 11) is 0. The Hall–Kier alpha value is 1.02. The molecule has 0 aromatic heterocycles. The molecule has 0 aromatic carbocycles. The minimum Gasteiger partial charge on any atom is -1.00 e. The summed E-state index contributed by atoms with van der Waals surface area (Å²) in [6, 6.07) is 0. The van der Waals surface area contributed by atoms with Gasteiger partial charge in [0.05, 0.1) is 0 Å². The van der Waals surface area contributed by atoms with Crippen molar-refractivity contribution in [1.29, 1.82) is 0 Å². The van der Waals surface area contributed by atoms with E-state index in [1.54, 1.807) is 0 Å². The number of carbonyl (C=O) groups is 2. The van der Waals surface area contributed by atoms with Crippen LogP contribution >= 0.6 is 0 Å². The van der Waals surface area contributed by atoms with E-state index in [9.17, 15) is 0 Å². The van der Waals surface area contributed by atoms with Gasteiger partial charge < -0.3 is 24.7 Å². The van der Waals surface area contributed by atoms with Gasteiger partial charge in [-0.1, -0.05) is 0 Å². The van der Waals surface area contributed by atoms with Gasteiger partial charge in [-0.05, 0) is 0 Å². The van der Waals surface area contributed by atoms with Gasteiger partial charge in [-0.15, -0.1) is 0 Å². The van der Waals surface area contributed by atoms with E-state index in [0.29, 0.717) is 0 Å². The number of hydrogen-bond acceptors (Lipinski definition) is 2. The van der Waals surface area contributed by atoms with Crippen LogP contribution in [-0.2, 0) is 0 Å². The Labute approximate surface area is 120 Å². The largest absolute Gasteiger partial charge is 2.00 e. The maximum Gasteiger partial charge on any atom is 2.00 e. The van der Waals surface area contributed by atoms with Crippen LogP contribution in [0.4, 0.5) is 9.59 Å². The third-order valence-electron chi connectivity index (χ3n) is 0. The quantitative estimate of drug-likeness (QED) is 0.344. The van der Waals surface area contributed by atoms with Crippen molar-refractivity contribution in [3.8, 4) is 0 Å². The van der Waals surface area contributed by atoms with Crippen molar-refractivity contribution in [1.82, 2.24) is 0 Å². The van der Waals surface area contributed by atoms with Crippen LogP contribution < -0.4 is 29.6 Å². The molecule has 0 aliphatic rings. The van der Waals surface area contributed by atoms with Crippen molar-refractivity contribution in [3.05, 3.63) is 0 Å². The van der Waals surface area contributed by atoms with E-state index >= 15 is 0 Å². The molecule has 0 rings (SSSR count). The molecule has 6 nitrogen and oxygen atoms in total. The molecule has 0 aliphatic carbocycles. The molecule has 0 atom stereocenters. The summed E-state index contributed by atoms with van der Waals surface area (Å²) in [4.78, 5) is 17.1. The minimum absolute atomic E-state index is 0. The molecule has 0 saturated heterocycles. The maximum atomic E-state index is 8.56. The second-order valence-corrected chi connectivity index (χ2v) is 0.565. The van der Waals surface area contributed by atoms with E-state index in [1.165, 1.54) is 0 Å². The molecule has 0 spiro atoms. The van der Waals surface area contributed by atoms with E-state index in [4.69, 9.17) is 30.0 Å². The fourth-order valence-corrected chi connectivity index (χ4v) is 0. The van der Waals surface area contributed by atoms with E-state index in [-0.39, 0.29) is 79.3 Å². The fraction of sp³-hybridized carbons (Fsp3) is 0. The Bertz CT molecular complexity index is 83.9. The van der Waals surface area contributed by atoms with Gasteiger partial charge in [0, 0.05) is 0 Å². The molecule has 0 aliphatic heterocycles. The van der Waals surface area contributed by atoms with Crippen LogP contribution in [0.15, 0.2) is 0 Å². The Balaban J connectivity index is -0.00000000800. The van der Waals surface area contributed by atoms with Crippen LogP contribution in [0.3, 0.4) is 0 Å². The number of carboxylic acid groups (broad SMARTS) is 4.